The normalized spacial score (nSPS) is 16.4. The van der Waals surface area contributed by atoms with E-state index >= 15 is 0 Å². The van der Waals surface area contributed by atoms with Crippen molar-refractivity contribution in [2.24, 2.45) is 0 Å². The lowest BCUT2D eigenvalue weighted by molar-refractivity contribution is -0.0716. The molecular formula is C14H28N2O2. The highest BCUT2D eigenvalue weighted by atomic mass is 16.5. The summed E-state index contributed by atoms with van der Waals surface area (Å²) in [7, 11) is 0. The Morgan fingerprint density at radius 2 is 1.61 bits per heavy atom. The topological polar surface area (TPSA) is 43.8 Å². The number of amides is 2. The molecular weight excluding hydrogens is 228 g/mol. The molecule has 4 heteroatoms. The summed E-state index contributed by atoms with van der Waals surface area (Å²) in [6, 6.07) is -0.218. The smallest absolute Gasteiger partial charge is 0.323 e. The number of nitrogens with zero attached hydrogens (tertiary/aromatic N) is 2. The fourth-order valence-corrected chi connectivity index (χ4v) is 2.41. The number of hydrogen-bond acceptors (Lipinski definition) is 2. The van der Waals surface area contributed by atoms with E-state index in [1.54, 1.807) is 4.90 Å². The summed E-state index contributed by atoms with van der Waals surface area (Å²) in [5.74, 6) is 0. The maximum atomic E-state index is 11.6. The first-order chi connectivity index (χ1) is 8.75. The van der Waals surface area contributed by atoms with E-state index in [1.165, 1.54) is 44.9 Å². The van der Waals surface area contributed by atoms with Gasteiger partial charge in [-0.3, -0.25) is 5.21 Å². The molecule has 0 aromatic rings. The summed E-state index contributed by atoms with van der Waals surface area (Å²) in [6.07, 6.45) is 11.1. The van der Waals surface area contributed by atoms with Crippen LogP contribution in [0.1, 0.15) is 64.7 Å². The Balaban J connectivity index is 1.95. The highest BCUT2D eigenvalue weighted by Gasteiger charge is 2.23. The van der Waals surface area contributed by atoms with Crippen molar-refractivity contribution in [3.8, 4) is 0 Å². The van der Waals surface area contributed by atoms with Crippen LogP contribution in [0, 0.1) is 0 Å². The van der Waals surface area contributed by atoms with Gasteiger partial charge < -0.3 is 4.90 Å². The molecule has 4 nitrogen and oxygen atoms in total. The highest BCUT2D eigenvalue weighted by molar-refractivity contribution is 5.73. The number of urea groups is 1. The van der Waals surface area contributed by atoms with Gasteiger partial charge in [-0.25, -0.2) is 9.86 Å². The van der Waals surface area contributed by atoms with Crippen LogP contribution in [0.15, 0.2) is 0 Å². The molecule has 1 saturated heterocycles. The monoisotopic (exact) mass is 256 g/mol. The lowest BCUT2D eigenvalue weighted by Crippen LogP contribution is -2.47. The van der Waals surface area contributed by atoms with Crippen molar-refractivity contribution in [1.29, 1.82) is 0 Å². The lowest BCUT2D eigenvalue weighted by atomic mass is 10.1. The largest absolute Gasteiger partial charge is 0.343 e. The predicted octanol–water partition coefficient (Wildman–Crippen LogP) is 3.64. The third-order valence-corrected chi connectivity index (χ3v) is 3.57. The summed E-state index contributed by atoms with van der Waals surface area (Å²) < 4.78 is 0. The van der Waals surface area contributed by atoms with Gasteiger partial charge in [-0.05, 0) is 12.8 Å². The Kier molecular flexibility index (Phi) is 7.81. The van der Waals surface area contributed by atoms with Crippen molar-refractivity contribution in [1.82, 2.24) is 9.96 Å². The fraction of sp³-hybridized carbons (Fsp3) is 0.929. The second kappa shape index (κ2) is 9.20. The van der Waals surface area contributed by atoms with Crippen LogP contribution in [-0.2, 0) is 0 Å². The number of rotatable bonds is 9. The molecule has 0 aliphatic carbocycles. The van der Waals surface area contributed by atoms with Crippen molar-refractivity contribution in [3.63, 3.8) is 0 Å². The van der Waals surface area contributed by atoms with Crippen molar-refractivity contribution >= 4 is 6.03 Å². The maximum Gasteiger partial charge on any atom is 0.343 e. The Bertz CT molecular complexity index is 234. The van der Waals surface area contributed by atoms with Gasteiger partial charge in [-0.1, -0.05) is 51.9 Å². The van der Waals surface area contributed by atoms with E-state index in [4.69, 9.17) is 0 Å². The molecule has 1 aliphatic rings. The molecule has 0 radical (unpaired) electrons. The van der Waals surface area contributed by atoms with E-state index in [0.717, 1.165) is 31.0 Å². The molecule has 1 rings (SSSR count). The predicted molar refractivity (Wildman–Crippen MR) is 72.7 cm³/mol. The SMILES string of the molecule is CCCCCCCCCCN1CCCN(O)C1=O. The fourth-order valence-electron chi connectivity index (χ4n) is 2.41. The van der Waals surface area contributed by atoms with Crippen molar-refractivity contribution in [3.05, 3.63) is 0 Å². The maximum absolute atomic E-state index is 11.6. The van der Waals surface area contributed by atoms with Gasteiger partial charge in [0.15, 0.2) is 0 Å². The summed E-state index contributed by atoms with van der Waals surface area (Å²) in [6.45, 7) is 4.31. The number of carbonyl (C=O) groups excluding carboxylic acids is 1. The Hall–Kier alpha value is -0.770. The minimum absolute atomic E-state index is 0.218. The van der Waals surface area contributed by atoms with Gasteiger partial charge in [-0.15, -0.1) is 0 Å². The first-order valence-electron chi connectivity index (χ1n) is 7.51. The second-order valence-electron chi connectivity index (χ2n) is 5.22. The van der Waals surface area contributed by atoms with Crippen LogP contribution in [0.5, 0.6) is 0 Å². The van der Waals surface area contributed by atoms with Crippen molar-refractivity contribution in [2.75, 3.05) is 19.6 Å². The Labute approximate surface area is 111 Å². The molecule has 0 atom stereocenters. The minimum atomic E-state index is -0.218. The number of unbranched alkanes of at least 4 members (excludes halogenated alkanes) is 7. The van der Waals surface area contributed by atoms with E-state index < -0.39 is 0 Å². The van der Waals surface area contributed by atoms with E-state index in [1.807, 2.05) is 0 Å². The van der Waals surface area contributed by atoms with E-state index in [0.29, 0.717) is 6.54 Å². The molecule has 106 valence electrons. The molecule has 0 aromatic heterocycles. The molecule has 2 amide bonds. The molecule has 18 heavy (non-hydrogen) atoms. The quantitative estimate of drug-likeness (QED) is 0.505. The first kappa shape index (κ1) is 15.3. The van der Waals surface area contributed by atoms with Crippen molar-refractivity contribution < 1.29 is 10.0 Å². The van der Waals surface area contributed by atoms with Crippen LogP contribution in [-0.4, -0.2) is 40.8 Å². The van der Waals surface area contributed by atoms with Gasteiger partial charge in [0.2, 0.25) is 0 Å². The van der Waals surface area contributed by atoms with E-state index in [2.05, 4.69) is 6.92 Å². The van der Waals surface area contributed by atoms with Crippen LogP contribution in [0.25, 0.3) is 0 Å². The van der Waals surface area contributed by atoms with Gasteiger partial charge in [-0.2, -0.15) is 0 Å². The number of hydrogen-bond donors (Lipinski definition) is 1. The number of hydroxylamine groups is 2. The van der Waals surface area contributed by atoms with E-state index in [9.17, 15) is 10.0 Å². The molecule has 1 aliphatic heterocycles. The third kappa shape index (κ3) is 5.71. The van der Waals surface area contributed by atoms with Crippen LogP contribution >= 0.6 is 0 Å². The summed E-state index contributed by atoms with van der Waals surface area (Å²) in [5.41, 5.74) is 0. The highest BCUT2D eigenvalue weighted by Crippen LogP contribution is 2.11. The zero-order valence-electron chi connectivity index (χ0n) is 11.7. The average molecular weight is 256 g/mol. The average Bonchev–Trinajstić information content (AvgIpc) is 2.37. The minimum Gasteiger partial charge on any atom is -0.323 e. The Morgan fingerprint density at radius 1 is 1.00 bits per heavy atom. The Morgan fingerprint density at radius 3 is 2.28 bits per heavy atom. The van der Waals surface area contributed by atoms with E-state index in [-0.39, 0.29) is 6.03 Å². The van der Waals surface area contributed by atoms with Crippen LogP contribution in [0.3, 0.4) is 0 Å². The second-order valence-corrected chi connectivity index (χ2v) is 5.22. The lowest BCUT2D eigenvalue weighted by Gasteiger charge is -2.31. The van der Waals surface area contributed by atoms with Crippen molar-refractivity contribution in [2.45, 2.75) is 64.7 Å². The van der Waals surface area contributed by atoms with Gasteiger partial charge in [0.05, 0.1) is 6.54 Å². The van der Waals surface area contributed by atoms with Crippen LogP contribution in [0.2, 0.25) is 0 Å². The summed E-state index contributed by atoms with van der Waals surface area (Å²) in [5, 5.41) is 10.2. The molecule has 0 unspecified atom stereocenters. The summed E-state index contributed by atoms with van der Waals surface area (Å²) in [4.78, 5) is 13.3. The molecule has 1 N–H and O–H groups in total. The van der Waals surface area contributed by atoms with Gasteiger partial charge in [0.25, 0.3) is 0 Å². The molecule has 0 spiro atoms. The molecule has 0 aromatic carbocycles. The van der Waals surface area contributed by atoms with Crippen LogP contribution in [0.4, 0.5) is 4.79 Å². The zero-order valence-corrected chi connectivity index (χ0v) is 11.7. The van der Waals surface area contributed by atoms with Gasteiger partial charge in [0, 0.05) is 13.1 Å². The molecule has 0 saturated carbocycles. The molecule has 1 fully saturated rings. The molecule has 0 bridgehead atoms. The third-order valence-electron chi connectivity index (χ3n) is 3.57. The number of carbonyl (C=O) groups is 1. The summed E-state index contributed by atoms with van der Waals surface area (Å²) >= 11 is 0. The van der Waals surface area contributed by atoms with Crippen LogP contribution < -0.4 is 0 Å². The zero-order chi connectivity index (χ0) is 13.2. The van der Waals surface area contributed by atoms with Gasteiger partial charge >= 0.3 is 6.03 Å². The molecule has 1 heterocycles. The standard InChI is InChI=1S/C14H28N2O2/c1-2-3-4-5-6-7-8-9-11-15-12-10-13-16(18)14(15)17/h18H,2-13H2,1H3. The van der Waals surface area contributed by atoms with Gasteiger partial charge in [0.1, 0.15) is 0 Å². The first-order valence-corrected chi connectivity index (χ1v) is 7.51.